The van der Waals surface area contributed by atoms with Crippen LogP contribution in [0.25, 0.3) is 10.4 Å². The molecule has 26 heavy (non-hydrogen) atoms. The summed E-state index contributed by atoms with van der Waals surface area (Å²) in [5, 5.41) is 25.7. The summed E-state index contributed by atoms with van der Waals surface area (Å²) in [5.41, 5.74) is 8.30. The maximum Gasteiger partial charge on any atom is 0.335 e. The summed E-state index contributed by atoms with van der Waals surface area (Å²) in [7, 11) is 0. The van der Waals surface area contributed by atoms with Crippen molar-refractivity contribution in [1.82, 2.24) is 5.32 Å². The highest BCUT2D eigenvalue weighted by Crippen LogP contribution is 2.23. The standard InChI is InChI=1S/C15H24N4O7/c1-7(2)24-15(23)11-4-9(21)12(26-11)5-17-14(22)10-3-8(20)13(25-10)6-18-19-16/h7-13,20-21H,3-6H2,1-2H3,(H,17,22)/t8-,9-,10-,11-,12+,13+/m1/s1. The summed E-state index contributed by atoms with van der Waals surface area (Å²) < 4.78 is 15.9. The lowest BCUT2D eigenvalue weighted by atomic mass is 10.1. The van der Waals surface area contributed by atoms with E-state index in [2.05, 4.69) is 15.3 Å². The Balaban J connectivity index is 1.79. The molecular weight excluding hydrogens is 348 g/mol. The molecule has 2 aliphatic rings. The van der Waals surface area contributed by atoms with Crippen molar-refractivity contribution in [2.24, 2.45) is 5.11 Å². The Morgan fingerprint density at radius 1 is 1.23 bits per heavy atom. The van der Waals surface area contributed by atoms with Crippen LogP contribution in [0.4, 0.5) is 0 Å². The lowest BCUT2D eigenvalue weighted by Crippen LogP contribution is -2.42. The number of aliphatic hydroxyl groups is 2. The van der Waals surface area contributed by atoms with Gasteiger partial charge in [-0.1, -0.05) is 5.11 Å². The maximum absolute atomic E-state index is 12.2. The quantitative estimate of drug-likeness (QED) is 0.232. The Morgan fingerprint density at radius 3 is 2.50 bits per heavy atom. The number of aliphatic hydroxyl groups excluding tert-OH is 2. The van der Waals surface area contributed by atoms with Gasteiger partial charge in [-0.25, -0.2) is 4.79 Å². The second-order valence-electron chi connectivity index (χ2n) is 6.58. The van der Waals surface area contributed by atoms with Gasteiger partial charge in [-0.05, 0) is 19.4 Å². The molecule has 2 saturated heterocycles. The molecule has 2 rings (SSSR count). The molecule has 3 N–H and O–H groups in total. The molecule has 146 valence electrons. The number of amides is 1. The Kier molecular flexibility index (Phi) is 7.18. The van der Waals surface area contributed by atoms with E-state index in [1.165, 1.54) is 0 Å². The first-order chi connectivity index (χ1) is 12.3. The number of hydrogen-bond acceptors (Lipinski definition) is 8. The van der Waals surface area contributed by atoms with Crippen LogP contribution in [-0.4, -0.2) is 77.9 Å². The first-order valence-electron chi connectivity index (χ1n) is 8.48. The molecule has 0 spiro atoms. The Morgan fingerprint density at radius 2 is 1.85 bits per heavy atom. The highest BCUT2D eigenvalue weighted by Gasteiger charge is 2.41. The summed E-state index contributed by atoms with van der Waals surface area (Å²) >= 11 is 0. The van der Waals surface area contributed by atoms with E-state index in [9.17, 15) is 19.8 Å². The Bertz CT molecular complexity index is 566. The van der Waals surface area contributed by atoms with Crippen LogP contribution >= 0.6 is 0 Å². The van der Waals surface area contributed by atoms with Crippen molar-refractivity contribution in [1.29, 1.82) is 0 Å². The number of ether oxygens (including phenoxy) is 3. The van der Waals surface area contributed by atoms with E-state index in [1.807, 2.05) is 0 Å². The first-order valence-corrected chi connectivity index (χ1v) is 8.48. The number of nitrogens with zero attached hydrogens (tertiary/aromatic N) is 3. The van der Waals surface area contributed by atoms with Gasteiger partial charge in [0.25, 0.3) is 0 Å². The van der Waals surface area contributed by atoms with Crippen LogP contribution in [0.3, 0.4) is 0 Å². The van der Waals surface area contributed by atoms with Crippen molar-refractivity contribution < 1.29 is 34.0 Å². The van der Waals surface area contributed by atoms with Gasteiger partial charge in [0.15, 0.2) is 6.10 Å². The van der Waals surface area contributed by atoms with Gasteiger partial charge in [-0.3, -0.25) is 4.79 Å². The second-order valence-corrected chi connectivity index (χ2v) is 6.58. The van der Waals surface area contributed by atoms with Gasteiger partial charge < -0.3 is 29.7 Å². The van der Waals surface area contributed by atoms with Gasteiger partial charge in [0.1, 0.15) is 12.2 Å². The highest BCUT2D eigenvalue weighted by atomic mass is 16.6. The number of hydrogen-bond donors (Lipinski definition) is 3. The molecule has 0 radical (unpaired) electrons. The molecule has 0 bridgehead atoms. The fraction of sp³-hybridized carbons (Fsp3) is 0.867. The van der Waals surface area contributed by atoms with Crippen LogP contribution in [0, 0.1) is 0 Å². The van der Waals surface area contributed by atoms with Gasteiger partial charge in [0.2, 0.25) is 5.91 Å². The van der Waals surface area contributed by atoms with Crippen LogP contribution in [0.5, 0.6) is 0 Å². The SMILES string of the molecule is CC(C)OC(=O)[C@H]1C[C@@H](O)[C@H](CNC(=O)[C@H]2C[C@@H](O)[C@H](CN=[N+]=[N-])O2)O1. The molecule has 11 nitrogen and oxygen atoms in total. The average molecular weight is 372 g/mol. The van der Waals surface area contributed by atoms with Crippen molar-refractivity contribution >= 4 is 11.9 Å². The molecule has 0 unspecified atom stereocenters. The maximum atomic E-state index is 12.2. The van der Waals surface area contributed by atoms with Gasteiger partial charge in [-0.15, -0.1) is 0 Å². The van der Waals surface area contributed by atoms with Gasteiger partial charge in [-0.2, -0.15) is 0 Å². The molecule has 2 aliphatic heterocycles. The van der Waals surface area contributed by atoms with Crippen LogP contribution < -0.4 is 5.32 Å². The zero-order valence-corrected chi connectivity index (χ0v) is 14.6. The average Bonchev–Trinajstić information content (AvgIpc) is 3.13. The van der Waals surface area contributed by atoms with Crippen molar-refractivity contribution in [2.45, 2.75) is 69.4 Å². The molecular formula is C15H24N4O7. The number of azide groups is 1. The van der Waals surface area contributed by atoms with Crippen molar-refractivity contribution in [3.63, 3.8) is 0 Å². The Hall–Kier alpha value is -1.91. The van der Waals surface area contributed by atoms with Crippen LogP contribution in [0.2, 0.25) is 0 Å². The number of carbonyl (C=O) groups is 2. The number of carbonyl (C=O) groups excluding carboxylic acids is 2. The van der Waals surface area contributed by atoms with E-state index < -0.39 is 48.5 Å². The minimum atomic E-state index is -0.909. The Labute approximate surface area is 150 Å². The van der Waals surface area contributed by atoms with E-state index in [1.54, 1.807) is 13.8 Å². The minimum Gasteiger partial charge on any atom is -0.461 e. The summed E-state index contributed by atoms with van der Waals surface area (Å²) in [6.45, 7) is 3.35. The van der Waals surface area contributed by atoms with Crippen LogP contribution in [-0.2, 0) is 23.8 Å². The third-order valence-corrected chi connectivity index (χ3v) is 4.16. The predicted molar refractivity (Wildman–Crippen MR) is 86.8 cm³/mol. The van der Waals surface area contributed by atoms with Crippen molar-refractivity contribution in [3.8, 4) is 0 Å². The molecule has 11 heteroatoms. The minimum absolute atomic E-state index is 0.0115. The number of rotatable bonds is 7. The summed E-state index contributed by atoms with van der Waals surface area (Å²) in [5.74, 6) is -1.02. The van der Waals surface area contributed by atoms with Crippen molar-refractivity contribution in [2.75, 3.05) is 13.1 Å². The predicted octanol–water partition coefficient (Wildman–Crippen LogP) is -0.599. The normalized spacial score (nSPS) is 33.7. The van der Waals surface area contributed by atoms with Crippen LogP contribution in [0.1, 0.15) is 26.7 Å². The molecule has 0 aromatic carbocycles. The van der Waals surface area contributed by atoms with E-state index in [0.717, 1.165) is 0 Å². The number of nitrogens with one attached hydrogen (secondary N) is 1. The van der Waals surface area contributed by atoms with Gasteiger partial charge >= 0.3 is 5.97 Å². The van der Waals surface area contributed by atoms with Gasteiger partial charge in [0, 0.05) is 24.3 Å². The second kappa shape index (κ2) is 9.15. The monoisotopic (exact) mass is 372 g/mol. The van der Waals surface area contributed by atoms with Crippen LogP contribution in [0.15, 0.2) is 5.11 Å². The smallest absolute Gasteiger partial charge is 0.335 e. The molecule has 0 aromatic rings. The fourth-order valence-electron chi connectivity index (χ4n) is 2.87. The third kappa shape index (κ3) is 5.29. The first kappa shape index (κ1) is 20.4. The topological polar surface area (TPSA) is 163 Å². The summed E-state index contributed by atoms with van der Waals surface area (Å²) in [4.78, 5) is 26.6. The van der Waals surface area contributed by atoms with Gasteiger partial charge in [0.05, 0.1) is 31.0 Å². The molecule has 0 aliphatic carbocycles. The molecule has 0 saturated carbocycles. The number of esters is 1. The summed E-state index contributed by atoms with van der Waals surface area (Å²) in [6.07, 6.45) is -5.15. The molecule has 2 heterocycles. The van der Waals surface area contributed by atoms with E-state index in [4.69, 9.17) is 19.7 Å². The lowest BCUT2D eigenvalue weighted by molar-refractivity contribution is -0.160. The zero-order chi connectivity index (χ0) is 19.3. The fourth-order valence-corrected chi connectivity index (χ4v) is 2.87. The largest absolute Gasteiger partial charge is 0.461 e. The van der Waals surface area contributed by atoms with E-state index in [0.29, 0.717) is 0 Å². The molecule has 6 atom stereocenters. The highest BCUT2D eigenvalue weighted by molar-refractivity contribution is 5.81. The summed E-state index contributed by atoms with van der Waals surface area (Å²) in [6, 6.07) is 0. The zero-order valence-electron chi connectivity index (χ0n) is 14.6. The molecule has 1 amide bonds. The van der Waals surface area contributed by atoms with E-state index in [-0.39, 0.29) is 32.0 Å². The van der Waals surface area contributed by atoms with E-state index >= 15 is 0 Å². The molecule has 2 fully saturated rings. The lowest BCUT2D eigenvalue weighted by Gasteiger charge is -2.18. The molecule has 0 aromatic heterocycles. The third-order valence-electron chi connectivity index (χ3n) is 4.16. The van der Waals surface area contributed by atoms with Crippen molar-refractivity contribution in [3.05, 3.63) is 10.4 Å².